The van der Waals surface area contributed by atoms with Crippen LogP contribution in [0.25, 0.3) is 0 Å². The van der Waals surface area contributed by atoms with Crippen molar-refractivity contribution in [3.05, 3.63) is 29.6 Å². The SMILES string of the molecule is C/C(=C/C(=O)NC[C@](C)(O)c1cnn(C)c1)C12CC3CC(CC(C3)C1)C2. The third-order valence-corrected chi connectivity index (χ3v) is 7.16. The van der Waals surface area contributed by atoms with Crippen LogP contribution in [0.3, 0.4) is 0 Å². The number of aromatic nitrogens is 2. The van der Waals surface area contributed by atoms with E-state index in [-0.39, 0.29) is 17.9 Å². The highest BCUT2D eigenvalue weighted by atomic mass is 16.3. The number of nitrogens with one attached hydrogen (secondary N) is 1. The van der Waals surface area contributed by atoms with Crippen LogP contribution in [0, 0.1) is 23.2 Å². The molecule has 1 heterocycles. The van der Waals surface area contributed by atoms with Crippen LogP contribution in [-0.2, 0) is 17.4 Å². The van der Waals surface area contributed by atoms with Gasteiger partial charge in [0.1, 0.15) is 5.60 Å². The van der Waals surface area contributed by atoms with E-state index < -0.39 is 5.60 Å². The maximum Gasteiger partial charge on any atom is 0.244 e. The second-order valence-electron chi connectivity index (χ2n) is 9.42. The lowest BCUT2D eigenvalue weighted by atomic mass is 9.48. The van der Waals surface area contributed by atoms with E-state index in [2.05, 4.69) is 17.3 Å². The molecule has 4 saturated carbocycles. The first kappa shape index (κ1) is 17.8. The minimum Gasteiger partial charge on any atom is -0.383 e. The first-order valence-corrected chi connectivity index (χ1v) is 9.94. The van der Waals surface area contributed by atoms with Gasteiger partial charge in [-0.3, -0.25) is 9.48 Å². The highest BCUT2D eigenvalue weighted by molar-refractivity contribution is 5.88. The van der Waals surface area contributed by atoms with Gasteiger partial charge in [0.2, 0.25) is 5.91 Å². The number of carbonyl (C=O) groups excluding carboxylic acids is 1. The van der Waals surface area contributed by atoms with Crippen LogP contribution in [0.5, 0.6) is 0 Å². The van der Waals surface area contributed by atoms with E-state index in [0.29, 0.717) is 5.56 Å². The number of amides is 1. The van der Waals surface area contributed by atoms with Gasteiger partial charge in [-0.1, -0.05) is 5.57 Å². The second-order valence-corrected chi connectivity index (χ2v) is 9.42. The molecule has 1 aromatic rings. The lowest BCUT2D eigenvalue weighted by Crippen LogP contribution is -2.47. The molecule has 1 aromatic heterocycles. The van der Waals surface area contributed by atoms with Crippen LogP contribution >= 0.6 is 0 Å². The van der Waals surface area contributed by atoms with Gasteiger partial charge in [0.25, 0.3) is 0 Å². The molecule has 0 spiro atoms. The highest BCUT2D eigenvalue weighted by Gasteiger charge is 2.51. The Morgan fingerprint density at radius 1 is 1.35 bits per heavy atom. The van der Waals surface area contributed by atoms with Gasteiger partial charge in [-0.05, 0) is 75.5 Å². The lowest BCUT2D eigenvalue weighted by molar-refractivity contribution is -0.117. The quantitative estimate of drug-likeness (QED) is 0.796. The summed E-state index contributed by atoms with van der Waals surface area (Å²) in [4.78, 5) is 12.5. The van der Waals surface area contributed by atoms with Gasteiger partial charge in [0.05, 0.1) is 12.7 Å². The normalized spacial score (nSPS) is 35.4. The number of aliphatic hydroxyl groups is 1. The Morgan fingerprint density at radius 3 is 2.42 bits per heavy atom. The third-order valence-electron chi connectivity index (χ3n) is 7.16. The summed E-state index contributed by atoms with van der Waals surface area (Å²) >= 11 is 0. The van der Waals surface area contributed by atoms with Crippen molar-refractivity contribution in [1.29, 1.82) is 0 Å². The summed E-state index contributed by atoms with van der Waals surface area (Å²) < 4.78 is 1.66. The monoisotopic (exact) mass is 357 g/mol. The van der Waals surface area contributed by atoms with Gasteiger partial charge in [-0.25, -0.2) is 0 Å². The molecule has 4 aliphatic carbocycles. The fourth-order valence-corrected chi connectivity index (χ4v) is 6.06. The van der Waals surface area contributed by atoms with E-state index in [1.54, 1.807) is 30.1 Å². The van der Waals surface area contributed by atoms with Gasteiger partial charge in [0, 0.05) is 24.9 Å². The Kier molecular flexibility index (Phi) is 4.25. The smallest absolute Gasteiger partial charge is 0.244 e. The number of allylic oxidation sites excluding steroid dienone is 1. The summed E-state index contributed by atoms with van der Waals surface area (Å²) in [5, 5.41) is 17.6. The molecule has 1 atom stereocenters. The Bertz CT molecular complexity index is 696. The maximum absolute atomic E-state index is 12.5. The molecular weight excluding hydrogens is 326 g/mol. The molecular formula is C21H31N3O2. The van der Waals surface area contributed by atoms with E-state index >= 15 is 0 Å². The largest absolute Gasteiger partial charge is 0.383 e. The maximum atomic E-state index is 12.5. The first-order valence-electron chi connectivity index (χ1n) is 9.94. The molecule has 0 saturated heterocycles. The first-order chi connectivity index (χ1) is 12.3. The molecule has 1 amide bonds. The van der Waals surface area contributed by atoms with Crippen molar-refractivity contribution < 1.29 is 9.90 Å². The molecule has 142 valence electrons. The van der Waals surface area contributed by atoms with Gasteiger partial charge in [-0.15, -0.1) is 0 Å². The van der Waals surface area contributed by atoms with Crippen LogP contribution in [-0.4, -0.2) is 27.3 Å². The zero-order valence-corrected chi connectivity index (χ0v) is 16.2. The summed E-state index contributed by atoms with van der Waals surface area (Å²) in [7, 11) is 1.82. The van der Waals surface area contributed by atoms with Crippen LogP contribution in [0.4, 0.5) is 0 Å². The molecule has 5 nitrogen and oxygen atoms in total. The van der Waals surface area contributed by atoms with E-state index in [9.17, 15) is 9.90 Å². The number of rotatable bonds is 5. The predicted molar refractivity (Wildman–Crippen MR) is 100 cm³/mol. The van der Waals surface area contributed by atoms with E-state index in [1.165, 1.54) is 44.1 Å². The standard InChI is InChI=1S/C21H31N3O2/c1-14(21-8-15-5-16(9-21)7-17(6-15)10-21)4-19(25)22-13-20(2,26)18-11-23-24(3)12-18/h4,11-12,15-17,26H,5-10,13H2,1-3H3,(H,22,25)/b14-4-/t15?,16?,17?,20-,21?/m0/s1. The van der Waals surface area contributed by atoms with Crippen molar-refractivity contribution in [2.45, 2.75) is 58.0 Å². The van der Waals surface area contributed by atoms with E-state index in [1.807, 2.05) is 7.05 Å². The Balaban J connectivity index is 1.41. The fourth-order valence-electron chi connectivity index (χ4n) is 6.06. The minimum absolute atomic E-state index is 0.0950. The van der Waals surface area contributed by atoms with Crippen molar-refractivity contribution in [2.75, 3.05) is 6.54 Å². The summed E-state index contributed by atoms with van der Waals surface area (Å²) in [5.41, 5.74) is 1.10. The number of aryl methyl sites for hydroxylation is 1. The molecule has 4 bridgehead atoms. The van der Waals surface area contributed by atoms with E-state index in [4.69, 9.17) is 0 Å². The van der Waals surface area contributed by atoms with Gasteiger partial charge in [-0.2, -0.15) is 5.10 Å². The molecule has 26 heavy (non-hydrogen) atoms. The molecule has 0 unspecified atom stereocenters. The molecule has 4 aliphatic rings. The topological polar surface area (TPSA) is 67.2 Å². The van der Waals surface area contributed by atoms with Gasteiger partial charge >= 0.3 is 0 Å². The van der Waals surface area contributed by atoms with Crippen LogP contribution in [0.2, 0.25) is 0 Å². The van der Waals surface area contributed by atoms with Crippen LogP contribution < -0.4 is 5.32 Å². The van der Waals surface area contributed by atoms with Crippen LogP contribution in [0.1, 0.15) is 57.9 Å². The van der Waals surface area contributed by atoms with Crippen molar-refractivity contribution >= 4 is 5.91 Å². The van der Waals surface area contributed by atoms with Crippen molar-refractivity contribution in [2.24, 2.45) is 30.2 Å². The summed E-state index contributed by atoms with van der Waals surface area (Å²) in [6, 6.07) is 0. The molecule has 0 radical (unpaired) electrons. The Morgan fingerprint density at radius 2 is 1.92 bits per heavy atom. The minimum atomic E-state index is -1.12. The van der Waals surface area contributed by atoms with E-state index in [0.717, 1.165) is 17.8 Å². The zero-order valence-electron chi connectivity index (χ0n) is 16.2. The molecule has 0 aromatic carbocycles. The number of carbonyl (C=O) groups is 1. The molecule has 5 heteroatoms. The van der Waals surface area contributed by atoms with Gasteiger partial charge < -0.3 is 10.4 Å². The highest BCUT2D eigenvalue weighted by Crippen LogP contribution is 2.62. The number of hydrogen-bond acceptors (Lipinski definition) is 3. The molecule has 2 N–H and O–H groups in total. The number of nitrogens with zero attached hydrogens (tertiary/aromatic N) is 2. The fraction of sp³-hybridized carbons (Fsp3) is 0.714. The van der Waals surface area contributed by atoms with Crippen molar-refractivity contribution in [3.63, 3.8) is 0 Å². The Hall–Kier alpha value is -1.62. The Labute approximate surface area is 155 Å². The molecule has 4 fully saturated rings. The summed E-state index contributed by atoms with van der Waals surface area (Å²) in [5.74, 6) is 2.53. The zero-order chi connectivity index (χ0) is 18.5. The second kappa shape index (κ2) is 6.22. The van der Waals surface area contributed by atoms with Gasteiger partial charge in [0.15, 0.2) is 0 Å². The average Bonchev–Trinajstić information content (AvgIpc) is 2.99. The number of hydrogen-bond donors (Lipinski definition) is 2. The molecule has 5 rings (SSSR count). The summed E-state index contributed by atoms with van der Waals surface area (Å²) in [6.45, 7) is 4.04. The average molecular weight is 357 g/mol. The third kappa shape index (κ3) is 3.22. The van der Waals surface area contributed by atoms with Crippen molar-refractivity contribution in [1.82, 2.24) is 15.1 Å². The van der Waals surface area contributed by atoms with Crippen LogP contribution in [0.15, 0.2) is 24.0 Å². The lowest BCUT2D eigenvalue weighted by Gasteiger charge is -2.57. The molecule has 0 aliphatic heterocycles. The van der Waals surface area contributed by atoms with Crippen molar-refractivity contribution in [3.8, 4) is 0 Å². The summed E-state index contributed by atoms with van der Waals surface area (Å²) in [6.07, 6.45) is 13.2. The predicted octanol–water partition coefficient (Wildman–Crippen LogP) is 2.91.